The number of hydrogen-bond donors (Lipinski definition) is 3. The molecule has 0 aromatic rings. The summed E-state index contributed by atoms with van der Waals surface area (Å²) >= 11 is 0. The minimum absolute atomic E-state index is 0.0148. The predicted octanol–water partition coefficient (Wildman–Crippen LogP) is 6.20. The van der Waals surface area contributed by atoms with Crippen LogP contribution < -0.4 is 0 Å². The molecule has 384 valence electrons. The van der Waals surface area contributed by atoms with Gasteiger partial charge in [-0.3, -0.25) is 19.2 Å². The molecular formula is C53H83NO14. The maximum Gasteiger partial charge on any atom is 0.329 e. The summed E-state index contributed by atoms with van der Waals surface area (Å²) in [7, 11) is 4.33. The zero-order chi connectivity index (χ0) is 53.9. The van der Waals surface area contributed by atoms with Gasteiger partial charge in [-0.15, -0.1) is 0 Å². The van der Waals surface area contributed by atoms with Crippen molar-refractivity contribution in [2.75, 3.05) is 41.0 Å². The zero-order valence-corrected chi connectivity index (χ0v) is 42.0. The Hall–Kier alpha value is -3.41. The number of amides is 1. The number of Topliss-reactive ketones (excluding diaryl/α,β-unsaturated/α-hetero) is 3. The number of rotatable bonds is 9. The second-order valence-electron chi connectivity index (χ2n) is 19.9. The van der Waals surface area contributed by atoms with Gasteiger partial charge >= 0.3 is 5.97 Å². The fraction of sp³-hybridized carbons (Fsp3) is 0.755. The fourth-order valence-electron chi connectivity index (χ4n) is 10.3. The van der Waals surface area contributed by atoms with Crippen LogP contribution in [0.5, 0.6) is 0 Å². The maximum atomic E-state index is 14.5. The average Bonchev–Trinajstić information content (AvgIpc) is 3.32. The van der Waals surface area contributed by atoms with E-state index in [1.807, 2.05) is 51.2 Å². The Morgan fingerprint density at radius 2 is 1.62 bits per heavy atom. The van der Waals surface area contributed by atoms with Crippen molar-refractivity contribution in [3.63, 3.8) is 0 Å². The number of ether oxygens (including phenoxy) is 6. The standard InChI is InChI=1S/C53H83NO14/c1-32-16-12-11-13-17-33(2)44(63-8)30-40-21-19-38(7)53(62,68-40)50(59)51(60)54-23-15-14-18-41(54)52(61)67-45(35(4)28-39-20-22-43(66-25-24-55)46(29-39)64-9)31-42(56)34(3)27-37(6)48(58)49(65-10)47(57)36(5)26-32/h11-13,16-17,27,32,34-36,38-41,43-46,48-49,55,58,62H,14-15,18-26,28-31H2,1-10H3/b13-11+,16-12+,33-17+,37-27+/t32-,34-,35-,36-,38-,39+,40+,41+,43-,44?,45+,46-,48-,49?,53-/m1/s1/i24D2,25D2. The number of nitrogens with zero attached hydrogens (tertiary/aromatic N) is 1. The van der Waals surface area contributed by atoms with Gasteiger partial charge in [0.05, 0.1) is 43.0 Å². The monoisotopic (exact) mass is 962 g/mol. The van der Waals surface area contributed by atoms with Gasteiger partial charge in [-0.1, -0.05) is 71.1 Å². The van der Waals surface area contributed by atoms with Gasteiger partial charge in [-0.25, -0.2) is 4.79 Å². The van der Waals surface area contributed by atoms with E-state index in [1.165, 1.54) is 14.2 Å². The number of carbonyl (C=O) groups excluding carboxylic acids is 5. The molecule has 2 bridgehead atoms. The smallest absolute Gasteiger partial charge is 0.329 e. The van der Waals surface area contributed by atoms with E-state index in [0.717, 1.165) is 10.5 Å². The van der Waals surface area contributed by atoms with Crippen molar-refractivity contribution in [1.29, 1.82) is 0 Å². The first-order valence-corrected chi connectivity index (χ1v) is 24.6. The summed E-state index contributed by atoms with van der Waals surface area (Å²) in [6, 6.07) is -1.22. The summed E-state index contributed by atoms with van der Waals surface area (Å²) in [5.74, 6) is -8.91. The number of cyclic esters (lactones) is 1. The number of hydrogen-bond acceptors (Lipinski definition) is 14. The van der Waals surface area contributed by atoms with Crippen molar-refractivity contribution in [3.8, 4) is 0 Å². The number of piperidine rings is 1. The van der Waals surface area contributed by atoms with Gasteiger partial charge in [-0.05, 0) is 107 Å². The van der Waals surface area contributed by atoms with Gasteiger partial charge in [0.1, 0.15) is 30.1 Å². The van der Waals surface area contributed by atoms with Crippen LogP contribution in [0.1, 0.15) is 131 Å². The second kappa shape index (κ2) is 27.3. The van der Waals surface area contributed by atoms with Gasteiger partial charge in [0.15, 0.2) is 5.78 Å². The van der Waals surface area contributed by atoms with Gasteiger partial charge in [0.25, 0.3) is 11.7 Å². The molecule has 15 heteroatoms. The molecule has 4 rings (SSSR count). The third-order valence-electron chi connectivity index (χ3n) is 14.7. The van der Waals surface area contributed by atoms with E-state index >= 15 is 0 Å². The molecule has 3 N–H and O–H groups in total. The third-order valence-corrected chi connectivity index (χ3v) is 14.7. The molecule has 0 spiro atoms. The Balaban J connectivity index is 1.70. The third kappa shape index (κ3) is 15.3. The summed E-state index contributed by atoms with van der Waals surface area (Å²) < 4.78 is 65.9. The van der Waals surface area contributed by atoms with Crippen LogP contribution in [0.2, 0.25) is 0 Å². The Morgan fingerprint density at radius 3 is 2.29 bits per heavy atom. The highest BCUT2D eigenvalue weighted by Crippen LogP contribution is 2.38. The highest BCUT2D eigenvalue weighted by molar-refractivity contribution is 6.39. The lowest BCUT2D eigenvalue weighted by Gasteiger charge is -2.42. The fourth-order valence-corrected chi connectivity index (χ4v) is 10.3. The van der Waals surface area contributed by atoms with E-state index in [4.69, 9.17) is 33.9 Å². The first-order chi connectivity index (χ1) is 33.7. The van der Waals surface area contributed by atoms with Crippen molar-refractivity contribution in [2.45, 2.75) is 180 Å². The van der Waals surface area contributed by atoms with Crippen LogP contribution >= 0.6 is 0 Å². The van der Waals surface area contributed by atoms with Crippen molar-refractivity contribution >= 4 is 29.2 Å². The number of allylic oxidation sites excluding steroid dienone is 6. The van der Waals surface area contributed by atoms with Gasteiger partial charge in [0, 0.05) is 58.5 Å². The summed E-state index contributed by atoms with van der Waals surface area (Å²) in [5.41, 5.74) is 1.19. The number of aliphatic hydroxyl groups is 3. The number of fused-ring (bicyclic) bond motifs is 3. The van der Waals surface area contributed by atoms with E-state index in [9.17, 15) is 39.3 Å². The van der Waals surface area contributed by atoms with Crippen molar-refractivity contribution in [1.82, 2.24) is 4.90 Å². The number of aliphatic hydroxyl groups excluding tert-OH is 1. The molecule has 2 saturated heterocycles. The van der Waals surface area contributed by atoms with Crippen LogP contribution in [0.4, 0.5) is 0 Å². The zero-order valence-electron chi connectivity index (χ0n) is 46.0. The topological polar surface area (TPSA) is 205 Å². The Morgan fingerprint density at radius 1 is 0.882 bits per heavy atom. The molecule has 3 heterocycles. The van der Waals surface area contributed by atoms with Crippen LogP contribution in [0.3, 0.4) is 0 Å². The minimum atomic E-state index is -3.27. The molecule has 2 unspecified atom stereocenters. The van der Waals surface area contributed by atoms with Gasteiger partial charge in [0.2, 0.25) is 5.79 Å². The SMILES string of the molecule is [2H]C([2H])(O)C([2H])([2H])O[C@@H]1CC[C@@H](C[C@@H](C)[C@@H]2CC(=O)[C@H](C)/C=C(\C)[C@@H](O)C(OC)C(=O)[C@H](C)C[C@H](C)/C=C/C=C/C=C(\C)C(OC)C[C@@H]3CC[C@@H](C)[C@@](O)(O3)C(=O)C(=O)N3CCCC[C@H]3C(=O)O2)C[C@H]1OC. The molecular weight excluding hydrogens is 875 g/mol. The lowest BCUT2D eigenvalue weighted by molar-refractivity contribution is -0.265. The molecule has 68 heavy (non-hydrogen) atoms. The molecule has 1 amide bonds. The average molecular weight is 962 g/mol. The first-order valence-electron chi connectivity index (χ1n) is 26.6. The highest BCUT2D eigenvalue weighted by Gasteiger charge is 2.53. The molecule has 3 fully saturated rings. The van der Waals surface area contributed by atoms with Crippen LogP contribution in [0.15, 0.2) is 47.6 Å². The molecule has 1 aliphatic carbocycles. The first kappa shape index (κ1) is 51.0. The second-order valence-corrected chi connectivity index (χ2v) is 19.9. The summed E-state index contributed by atoms with van der Waals surface area (Å²) in [6.45, 7) is 6.12. The van der Waals surface area contributed by atoms with E-state index < -0.39 is 109 Å². The van der Waals surface area contributed by atoms with Crippen LogP contribution in [-0.4, -0.2) is 145 Å². The lowest BCUT2D eigenvalue weighted by atomic mass is 9.78. The number of carbonyl (C=O) groups is 5. The van der Waals surface area contributed by atoms with Gasteiger partial charge < -0.3 is 48.6 Å². The van der Waals surface area contributed by atoms with Crippen molar-refractivity contribution in [3.05, 3.63) is 47.6 Å². The van der Waals surface area contributed by atoms with E-state index in [0.29, 0.717) is 56.9 Å². The van der Waals surface area contributed by atoms with Crippen LogP contribution in [-0.2, 0) is 52.4 Å². The highest BCUT2D eigenvalue weighted by atomic mass is 16.6. The number of ketones is 3. The predicted molar refractivity (Wildman–Crippen MR) is 256 cm³/mol. The summed E-state index contributed by atoms with van der Waals surface area (Å²) in [4.78, 5) is 72.3. The van der Waals surface area contributed by atoms with Crippen molar-refractivity contribution in [2.24, 2.45) is 35.5 Å². The van der Waals surface area contributed by atoms with E-state index in [-0.39, 0.29) is 55.6 Å². The van der Waals surface area contributed by atoms with Crippen molar-refractivity contribution < 1.29 is 73.2 Å². The Labute approximate surface area is 410 Å². The Kier molecular flexibility index (Phi) is 20.4. The Bertz CT molecular complexity index is 1990. The van der Waals surface area contributed by atoms with E-state index in [1.54, 1.807) is 40.9 Å². The molecule has 0 aromatic carbocycles. The molecule has 4 aliphatic rings. The van der Waals surface area contributed by atoms with Crippen LogP contribution in [0, 0.1) is 35.5 Å². The molecule has 1 saturated carbocycles. The molecule has 0 aromatic heterocycles. The summed E-state index contributed by atoms with van der Waals surface area (Å²) in [5, 5.41) is 33.3. The van der Waals surface area contributed by atoms with Crippen LogP contribution in [0.25, 0.3) is 0 Å². The quantitative estimate of drug-likeness (QED) is 0.134. The largest absolute Gasteiger partial charge is 0.460 e. The van der Waals surface area contributed by atoms with Gasteiger partial charge in [-0.2, -0.15) is 0 Å². The number of esters is 1. The van der Waals surface area contributed by atoms with E-state index in [2.05, 4.69) is 0 Å². The summed E-state index contributed by atoms with van der Waals surface area (Å²) in [6.07, 6.45) is 8.68. The minimum Gasteiger partial charge on any atom is -0.460 e. The maximum absolute atomic E-state index is 14.5. The number of methoxy groups -OCH3 is 3. The molecule has 15 nitrogen and oxygen atoms in total. The molecule has 0 radical (unpaired) electrons. The molecule has 15 atom stereocenters. The normalized spacial score (nSPS) is 40.5. The molecule has 3 aliphatic heterocycles. The lowest BCUT2D eigenvalue weighted by Crippen LogP contribution is -2.61.